The Balaban J connectivity index is 4.07. The zero-order valence-electron chi connectivity index (χ0n) is 8.16. The van der Waals surface area contributed by atoms with E-state index in [9.17, 15) is 5.11 Å². The van der Waals surface area contributed by atoms with E-state index in [1.165, 1.54) is 0 Å². The third kappa shape index (κ3) is 3.72. The Morgan fingerprint density at radius 1 is 1.17 bits per heavy atom. The molecule has 0 spiro atoms. The van der Waals surface area contributed by atoms with Crippen LogP contribution in [0.4, 0.5) is 0 Å². The van der Waals surface area contributed by atoms with Gasteiger partial charge in [0.1, 0.15) is 0 Å². The van der Waals surface area contributed by atoms with Gasteiger partial charge in [0.2, 0.25) is 0 Å². The van der Waals surface area contributed by atoms with Crippen molar-refractivity contribution < 1.29 is 5.11 Å². The molecule has 2 atom stereocenters. The Bertz CT molecular complexity index is 138. The fourth-order valence-corrected chi connectivity index (χ4v) is 1.41. The van der Waals surface area contributed by atoms with E-state index in [2.05, 4.69) is 27.0 Å². The highest BCUT2D eigenvalue weighted by molar-refractivity contribution is 4.84. The molecule has 0 saturated carbocycles. The number of hydrogen-bond acceptors (Lipinski definition) is 1. The van der Waals surface area contributed by atoms with Crippen LogP contribution >= 0.6 is 0 Å². The summed E-state index contributed by atoms with van der Waals surface area (Å²) >= 11 is 0. The van der Waals surface area contributed by atoms with Gasteiger partial charge in [-0.1, -0.05) is 26.0 Å². The molecule has 0 fully saturated rings. The second kappa shape index (κ2) is 6.01. The molecule has 0 bridgehead atoms. The van der Waals surface area contributed by atoms with Crippen molar-refractivity contribution in [1.29, 1.82) is 0 Å². The van der Waals surface area contributed by atoms with Gasteiger partial charge in [-0.2, -0.15) is 0 Å². The van der Waals surface area contributed by atoms with E-state index in [0.29, 0.717) is 18.3 Å². The molecule has 1 N–H and O–H groups in total. The third-order valence-corrected chi connectivity index (χ3v) is 2.20. The number of hydrogen-bond donors (Lipinski definition) is 1. The van der Waals surface area contributed by atoms with Gasteiger partial charge in [0.25, 0.3) is 0 Å². The molecule has 0 rings (SSSR count). The molecule has 0 aliphatic heterocycles. The zero-order chi connectivity index (χ0) is 9.56. The molecule has 0 aromatic carbocycles. The summed E-state index contributed by atoms with van der Waals surface area (Å²) in [4.78, 5) is 0. The highest BCUT2D eigenvalue weighted by Crippen LogP contribution is 2.21. The summed E-state index contributed by atoms with van der Waals surface area (Å²) in [6.45, 7) is 11.6. The maximum atomic E-state index is 9.69. The molecule has 70 valence electrons. The Hall–Kier alpha value is -0.560. The number of aliphatic hydroxyl groups excluding tert-OH is 1. The largest absolute Gasteiger partial charge is 0.392 e. The summed E-state index contributed by atoms with van der Waals surface area (Å²) in [5.41, 5.74) is 0. The van der Waals surface area contributed by atoms with Crippen LogP contribution in [-0.2, 0) is 0 Å². The minimum Gasteiger partial charge on any atom is -0.392 e. The minimum atomic E-state index is -0.263. The standard InChI is InChI=1S/C11H20O/c1-5-7-10(9(3)4)11(12)8-6-2/h5-6,9-12H,1-2,7-8H2,3-4H3/t10-,11?/m1/s1. The van der Waals surface area contributed by atoms with Gasteiger partial charge in [-0.25, -0.2) is 0 Å². The highest BCUT2D eigenvalue weighted by Gasteiger charge is 2.19. The fourth-order valence-electron chi connectivity index (χ4n) is 1.41. The first-order chi connectivity index (χ1) is 5.63. The first-order valence-corrected chi connectivity index (χ1v) is 4.53. The van der Waals surface area contributed by atoms with Crippen LogP contribution < -0.4 is 0 Å². The smallest absolute Gasteiger partial charge is 0.0608 e. The lowest BCUT2D eigenvalue weighted by atomic mass is 9.86. The molecule has 12 heavy (non-hydrogen) atoms. The molecule has 0 amide bonds. The van der Waals surface area contributed by atoms with Crippen molar-refractivity contribution in [2.75, 3.05) is 0 Å². The van der Waals surface area contributed by atoms with E-state index in [4.69, 9.17) is 0 Å². The van der Waals surface area contributed by atoms with Gasteiger partial charge in [-0.05, 0) is 24.7 Å². The highest BCUT2D eigenvalue weighted by atomic mass is 16.3. The zero-order valence-corrected chi connectivity index (χ0v) is 8.16. The molecule has 1 nitrogen and oxygen atoms in total. The minimum absolute atomic E-state index is 0.263. The van der Waals surface area contributed by atoms with Crippen LogP contribution in [0.2, 0.25) is 0 Å². The Morgan fingerprint density at radius 2 is 1.67 bits per heavy atom. The quantitative estimate of drug-likeness (QED) is 0.605. The Kier molecular flexibility index (Phi) is 5.73. The number of allylic oxidation sites excluding steroid dienone is 1. The van der Waals surface area contributed by atoms with Gasteiger partial charge >= 0.3 is 0 Å². The van der Waals surface area contributed by atoms with E-state index in [1.807, 2.05) is 6.08 Å². The molecule has 1 heteroatoms. The first-order valence-electron chi connectivity index (χ1n) is 4.53. The summed E-state index contributed by atoms with van der Waals surface area (Å²) in [5, 5.41) is 9.69. The van der Waals surface area contributed by atoms with Crippen molar-refractivity contribution in [2.45, 2.75) is 32.8 Å². The molecule has 0 aromatic rings. The van der Waals surface area contributed by atoms with Crippen molar-refractivity contribution in [3.05, 3.63) is 25.3 Å². The predicted octanol–water partition coefficient (Wildman–Crippen LogP) is 2.77. The van der Waals surface area contributed by atoms with Crippen LogP contribution in [0.3, 0.4) is 0 Å². The molecular weight excluding hydrogens is 148 g/mol. The van der Waals surface area contributed by atoms with Crippen molar-refractivity contribution in [3.63, 3.8) is 0 Å². The van der Waals surface area contributed by atoms with E-state index in [0.717, 1.165) is 6.42 Å². The molecular formula is C11H20O. The Labute approximate surface area is 75.8 Å². The molecule has 0 aliphatic carbocycles. The molecule has 0 saturated heterocycles. The average molecular weight is 168 g/mol. The monoisotopic (exact) mass is 168 g/mol. The van der Waals surface area contributed by atoms with E-state index < -0.39 is 0 Å². The Morgan fingerprint density at radius 3 is 2.00 bits per heavy atom. The molecule has 1 unspecified atom stereocenters. The summed E-state index contributed by atoms with van der Waals surface area (Å²) in [6, 6.07) is 0. The maximum absolute atomic E-state index is 9.69. The fraction of sp³-hybridized carbons (Fsp3) is 0.636. The summed E-state index contributed by atoms with van der Waals surface area (Å²) in [6.07, 6.45) is 4.93. The van der Waals surface area contributed by atoms with Gasteiger partial charge < -0.3 is 5.11 Å². The SMILES string of the molecule is C=CCC(O)[C@H](CC=C)C(C)C. The van der Waals surface area contributed by atoms with Crippen LogP contribution in [0.1, 0.15) is 26.7 Å². The topological polar surface area (TPSA) is 20.2 Å². The van der Waals surface area contributed by atoms with Crippen LogP contribution in [-0.4, -0.2) is 11.2 Å². The van der Waals surface area contributed by atoms with E-state index in [-0.39, 0.29) is 6.10 Å². The molecule has 0 heterocycles. The summed E-state index contributed by atoms with van der Waals surface area (Å²) < 4.78 is 0. The molecule has 0 radical (unpaired) electrons. The van der Waals surface area contributed by atoms with Crippen molar-refractivity contribution in [3.8, 4) is 0 Å². The third-order valence-electron chi connectivity index (χ3n) is 2.20. The lowest BCUT2D eigenvalue weighted by Gasteiger charge is -2.24. The van der Waals surface area contributed by atoms with Gasteiger partial charge in [0.05, 0.1) is 6.10 Å². The van der Waals surface area contributed by atoms with Crippen molar-refractivity contribution in [2.24, 2.45) is 11.8 Å². The van der Waals surface area contributed by atoms with Gasteiger partial charge in [-0.15, -0.1) is 13.2 Å². The van der Waals surface area contributed by atoms with Crippen LogP contribution in [0.25, 0.3) is 0 Å². The van der Waals surface area contributed by atoms with Crippen molar-refractivity contribution >= 4 is 0 Å². The first kappa shape index (κ1) is 11.4. The van der Waals surface area contributed by atoms with Crippen molar-refractivity contribution in [1.82, 2.24) is 0 Å². The second-order valence-electron chi connectivity index (χ2n) is 3.52. The number of aliphatic hydroxyl groups is 1. The maximum Gasteiger partial charge on any atom is 0.0608 e. The van der Waals surface area contributed by atoms with E-state index >= 15 is 0 Å². The van der Waals surface area contributed by atoms with Gasteiger partial charge in [-0.3, -0.25) is 0 Å². The normalized spacial score (nSPS) is 15.7. The van der Waals surface area contributed by atoms with Gasteiger partial charge in [0, 0.05) is 0 Å². The number of rotatable bonds is 6. The summed E-state index contributed by atoms with van der Waals surface area (Å²) in [7, 11) is 0. The molecule has 0 aromatic heterocycles. The second-order valence-corrected chi connectivity index (χ2v) is 3.52. The van der Waals surface area contributed by atoms with Crippen LogP contribution in [0.15, 0.2) is 25.3 Å². The van der Waals surface area contributed by atoms with Crippen LogP contribution in [0, 0.1) is 11.8 Å². The van der Waals surface area contributed by atoms with Gasteiger partial charge in [0.15, 0.2) is 0 Å². The molecule has 0 aliphatic rings. The lowest BCUT2D eigenvalue weighted by Crippen LogP contribution is -2.24. The lowest BCUT2D eigenvalue weighted by molar-refractivity contribution is 0.0855. The van der Waals surface area contributed by atoms with E-state index in [1.54, 1.807) is 6.08 Å². The van der Waals surface area contributed by atoms with Crippen LogP contribution in [0.5, 0.6) is 0 Å². The average Bonchev–Trinajstić information content (AvgIpc) is 1.99. The summed E-state index contributed by atoms with van der Waals surface area (Å²) in [5.74, 6) is 0.818. The predicted molar refractivity (Wildman–Crippen MR) is 54.0 cm³/mol.